The summed E-state index contributed by atoms with van der Waals surface area (Å²) in [7, 11) is 0. The fourth-order valence-corrected chi connectivity index (χ4v) is 2.10. The lowest BCUT2D eigenvalue weighted by molar-refractivity contribution is 0.102. The number of fused-ring (bicyclic) bond motifs is 1. The quantitative estimate of drug-likeness (QED) is 0.881. The van der Waals surface area contributed by atoms with E-state index in [2.05, 4.69) is 5.32 Å². The normalized spacial score (nSPS) is 12.2. The predicted molar refractivity (Wildman–Crippen MR) is 76.5 cm³/mol. The van der Waals surface area contributed by atoms with Gasteiger partial charge in [-0.15, -0.1) is 11.6 Å². The van der Waals surface area contributed by atoms with Crippen LogP contribution < -0.4 is 14.8 Å². The summed E-state index contributed by atoms with van der Waals surface area (Å²) in [5.41, 5.74) is 2.25. The largest absolute Gasteiger partial charge is 0.454 e. The van der Waals surface area contributed by atoms with Crippen LogP contribution in [0.1, 0.15) is 15.9 Å². The number of halogens is 1. The third-order valence-electron chi connectivity index (χ3n) is 3.00. The van der Waals surface area contributed by atoms with E-state index in [1.165, 1.54) is 0 Å². The molecule has 0 aliphatic carbocycles. The van der Waals surface area contributed by atoms with Gasteiger partial charge in [0.25, 0.3) is 5.91 Å². The molecular weight excluding hydrogens is 278 g/mol. The molecule has 1 amide bonds. The fourth-order valence-electron chi connectivity index (χ4n) is 1.92. The lowest BCUT2D eigenvalue weighted by atomic mass is 10.1. The summed E-state index contributed by atoms with van der Waals surface area (Å²) in [4.78, 5) is 12.1. The zero-order valence-corrected chi connectivity index (χ0v) is 11.3. The molecule has 0 radical (unpaired) electrons. The van der Waals surface area contributed by atoms with Gasteiger partial charge in [-0.05, 0) is 35.9 Å². The Morgan fingerprint density at radius 2 is 1.85 bits per heavy atom. The van der Waals surface area contributed by atoms with E-state index in [-0.39, 0.29) is 12.7 Å². The lowest BCUT2D eigenvalue weighted by Gasteiger charge is -2.06. The van der Waals surface area contributed by atoms with Gasteiger partial charge in [0, 0.05) is 17.1 Å². The molecule has 5 heteroatoms. The van der Waals surface area contributed by atoms with Crippen molar-refractivity contribution in [3.05, 3.63) is 53.6 Å². The molecule has 0 aromatic heterocycles. The molecule has 102 valence electrons. The summed E-state index contributed by atoms with van der Waals surface area (Å²) >= 11 is 5.72. The molecule has 0 saturated heterocycles. The van der Waals surface area contributed by atoms with Crippen molar-refractivity contribution in [2.75, 3.05) is 12.1 Å². The number of rotatable bonds is 3. The second-order valence-electron chi connectivity index (χ2n) is 4.35. The van der Waals surface area contributed by atoms with E-state index in [0.717, 1.165) is 11.3 Å². The molecule has 1 aliphatic rings. The molecule has 20 heavy (non-hydrogen) atoms. The molecule has 1 N–H and O–H groups in total. The van der Waals surface area contributed by atoms with Crippen LogP contribution in [-0.2, 0) is 5.88 Å². The molecule has 4 nitrogen and oxygen atoms in total. The Bertz CT molecular complexity index is 640. The molecule has 3 rings (SSSR count). The van der Waals surface area contributed by atoms with Gasteiger partial charge in [0.1, 0.15) is 0 Å². The van der Waals surface area contributed by atoms with E-state index in [1.54, 1.807) is 18.2 Å². The number of ether oxygens (including phenoxy) is 2. The van der Waals surface area contributed by atoms with Crippen LogP contribution in [0.25, 0.3) is 0 Å². The number of hydrogen-bond acceptors (Lipinski definition) is 3. The van der Waals surface area contributed by atoms with E-state index in [0.29, 0.717) is 22.9 Å². The number of carbonyl (C=O) groups excluding carboxylic acids is 1. The number of benzene rings is 2. The maximum absolute atomic E-state index is 12.1. The lowest BCUT2D eigenvalue weighted by Crippen LogP contribution is -2.11. The van der Waals surface area contributed by atoms with Gasteiger partial charge in [-0.3, -0.25) is 4.79 Å². The van der Waals surface area contributed by atoms with Crippen LogP contribution in [0.3, 0.4) is 0 Å². The highest BCUT2D eigenvalue weighted by molar-refractivity contribution is 6.17. The van der Waals surface area contributed by atoms with Crippen molar-refractivity contribution < 1.29 is 14.3 Å². The smallest absolute Gasteiger partial charge is 0.255 e. The van der Waals surface area contributed by atoms with Crippen molar-refractivity contribution in [1.29, 1.82) is 0 Å². The number of anilines is 1. The zero-order chi connectivity index (χ0) is 13.9. The Hall–Kier alpha value is -2.20. The first-order valence-electron chi connectivity index (χ1n) is 6.12. The van der Waals surface area contributed by atoms with Crippen LogP contribution in [0.4, 0.5) is 5.69 Å². The molecule has 2 aromatic rings. The third kappa shape index (κ3) is 2.56. The first-order valence-corrected chi connectivity index (χ1v) is 6.65. The van der Waals surface area contributed by atoms with Crippen molar-refractivity contribution >= 4 is 23.2 Å². The molecule has 1 aliphatic heterocycles. The van der Waals surface area contributed by atoms with Gasteiger partial charge < -0.3 is 14.8 Å². The van der Waals surface area contributed by atoms with Crippen LogP contribution in [0, 0.1) is 0 Å². The van der Waals surface area contributed by atoms with Crippen LogP contribution in [0.15, 0.2) is 42.5 Å². The molecule has 0 unspecified atom stereocenters. The van der Waals surface area contributed by atoms with Crippen molar-refractivity contribution in [2.45, 2.75) is 5.88 Å². The number of amides is 1. The van der Waals surface area contributed by atoms with Crippen LogP contribution in [-0.4, -0.2) is 12.7 Å². The van der Waals surface area contributed by atoms with Gasteiger partial charge in [-0.1, -0.05) is 12.1 Å². The number of hydrogen-bond donors (Lipinski definition) is 1. The topological polar surface area (TPSA) is 47.6 Å². The van der Waals surface area contributed by atoms with E-state index in [1.807, 2.05) is 24.3 Å². The first kappa shape index (κ1) is 12.8. The molecule has 0 spiro atoms. The summed E-state index contributed by atoms with van der Waals surface area (Å²) in [6.45, 7) is 0.195. The van der Waals surface area contributed by atoms with Gasteiger partial charge in [-0.25, -0.2) is 0 Å². The second-order valence-corrected chi connectivity index (χ2v) is 4.62. The van der Waals surface area contributed by atoms with Gasteiger partial charge in [-0.2, -0.15) is 0 Å². The molecule has 0 atom stereocenters. The van der Waals surface area contributed by atoms with E-state index in [4.69, 9.17) is 21.1 Å². The van der Waals surface area contributed by atoms with Crippen LogP contribution in [0.5, 0.6) is 11.5 Å². The fraction of sp³-hybridized carbons (Fsp3) is 0.133. The van der Waals surface area contributed by atoms with Crippen LogP contribution >= 0.6 is 11.6 Å². The first-order chi connectivity index (χ1) is 9.76. The minimum atomic E-state index is -0.193. The standard InChI is InChI=1S/C15H12ClNO3/c16-8-10-1-4-12(5-2-10)17-15(18)11-3-6-13-14(7-11)20-9-19-13/h1-7H,8-9H2,(H,17,18). The summed E-state index contributed by atoms with van der Waals surface area (Å²) in [5, 5.41) is 2.82. The molecular formula is C15H12ClNO3. The predicted octanol–water partition coefficient (Wildman–Crippen LogP) is 3.41. The highest BCUT2D eigenvalue weighted by atomic mass is 35.5. The minimum Gasteiger partial charge on any atom is -0.454 e. The van der Waals surface area contributed by atoms with Crippen molar-refractivity contribution in [1.82, 2.24) is 0 Å². The summed E-state index contributed by atoms with van der Waals surface area (Å²) < 4.78 is 10.5. The van der Waals surface area contributed by atoms with E-state index in [9.17, 15) is 4.79 Å². The molecule has 0 saturated carbocycles. The Morgan fingerprint density at radius 1 is 1.10 bits per heavy atom. The maximum Gasteiger partial charge on any atom is 0.255 e. The summed E-state index contributed by atoms with van der Waals surface area (Å²) in [6.07, 6.45) is 0. The Kier molecular flexibility index (Phi) is 3.48. The SMILES string of the molecule is O=C(Nc1ccc(CCl)cc1)c1ccc2c(c1)OCO2. The Morgan fingerprint density at radius 3 is 2.60 bits per heavy atom. The van der Waals surface area contributed by atoms with E-state index < -0.39 is 0 Å². The average molecular weight is 290 g/mol. The summed E-state index contributed by atoms with van der Waals surface area (Å²) in [5.74, 6) is 1.52. The van der Waals surface area contributed by atoms with Gasteiger partial charge >= 0.3 is 0 Å². The number of carbonyl (C=O) groups is 1. The Labute approximate surface area is 121 Å². The molecule has 1 heterocycles. The second kappa shape index (κ2) is 5.43. The Balaban J connectivity index is 1.75. The summed E-state index contributed by atoms with van der Waals surface area (Å²) in [6, 6.07) is 12.5. The van der Waals surface area contributed by atoms with Crippen molar-refractivity contribution in [3.63, 3.8) is 0 Å². The average Bonchev–Trinajstić information content (AvgIpc) is 2.95. The van der Waals surface area contributed by atoms with Gasteiger partial charge in [0.05, 0.1) is 0 Å². The number of alkyl halides is 1. The van der Waals surface area contributed by atoms with Gasteiger partial charge in [0.2, 0.25) is 6.79 Å². The van der Waals surface area contributed by atoms with E-state index >= 15 is 0 Å². The maximum atomic E-state index is 12.1. The monoisotopic (exact) mass is 289 g/mol. The highest BCUT2D eigenvalue weighted by Crippen LogP contribution is 2.32. The zero-order valence-electron chi connectivity index (χ0n) is 10.6. The number of nitrogens with one attached hydrogen (secondary N) is 1. The minimum absolute atomic E-state index is 0.193. The highest BCUT2D eigenvalue weighted by Gasteiger charge is 2.16. The third-order valence-corrected chi connectivity index (χ3v) is 3.31. The molecule has 0 bridgehead atoms. The van der Waals surface area contributed by atoms with Crippen molar-refractivity contribution in [2.24, 2.45) is 0 Å². The molecule has 0 fully saturated rings. The van der Waals surface area contributed by atoms with Gasteiger partial charge in [0.15, 0.2) is 11.5 Å². The molecule has 2 aromatic carbocycles. The van der Waals surface area contributed by atoms with Crippen LogP contribution in [0.2, 0.25) is 0 Å². The van der Waals surface area contributed by atoms with Crippen molar-refractivity contribution in [3.8, 4) is 11.5 Å².